The lowest BCUT2D eigenvalue weighted by Crippen LogP contribution is -2.35. The molecule has 0 aromatic heterocycles. The second-order valence-corrected chi connectivity index (χ2v) is 23.1. The van der Waals surface area contributed by atoms with Crippen molar-refractivity contribution in [2.45, 2.75) is 184 Å². The van der Waals surface area contributed by atoms with E-state index in [1.54, 1.807) is 62.3 Å². The number of primary amides is 7. The summed E-state index contributed by atoms with van der Waals surface area (Å²) in [5.41, 5.74) is 31.5. The van der Waals surface area contributed by atoms with E-state index >= 15 is 0 Å². The van der Waals surface area contributed by atoms with Gasteiger partial charge in [-0.25, -0.2) is 4.39 Å². The van der Waals surface area contributed by atoms with Crippen LogP contribution in [0.15, 0.2) is 5.16 Å². The monoisotopic (exact) mass is 996 g/mol. The number of nitrogens with zero attached hydrogens (tertiary/aromatic N) is 2. The second kappa shape index (κ2) is 34.7. The fourth-order valence-electron chi connectivity index (χ4n) is 3.53. The zero-order valence-corrected chi connectivity index (χ0v) is 46.1. The summed E-state index contributed by atoms with van der Waals surface area (Å²) in [6.45, 7) is 40.8. The summed E-state index contributed by atoms with van der Waals surface area (Å²) in [7, 11) is 0. The average molecular weight is 996 g/mol. The predicted molar refractivity (Wildman–Crippen MR) is 268 cm³/mol. The fraction of sp³-hybridized carbons (Fsp3) is 0.739. The molecule has 68 heavy (non-hydrogen) atoms. The van der Waals surface area contributed by atoms with Gasteiger partial charge in [0.25, 0.3) is 23.6 Å². The van der Waals surface area contributed by atoms with Crippen molar-refractivity contribution < 1.29 is 57.5 Å². The summed E-state index contributed by atoms with van der Waals surface area (Å²) >= 11 is 4.34. The van der Waals surface area contributed by atoms with Crippen molar-refractivity contribution in [3.63, 3.8) is 0 Å². The van der Waals surface area contributed by atoms with Crippen LogP contribution in [0.3, 0.4) is 0 Å². The zero-order chi connectivity index (χ0) is 57.5. The second-order valence-electron chi connectivity index (χ2n) is 22.5. The molecule has 0 aliphatic carbocycles. The van der Waals surface area contributed by atoms with Crippen LogP contribution < -0.4 is 40.1 Å². The van der Waals surface area contributed by atoms with E-state index < -0.39 is 63.7 Å². The van der Waals surface area contributed by atoms with Gasteiger partial charge in [0.05, 0.1) is 10.9 Å². The summed E-state index contributed by atoms with van der Waals surface area (Å²) < 4.78 is 17.4. The number of hydrogen-bond acceptors (Lipinski definition) is 14. The Morgan fingerprint density at radius 1 is 0.574 bits per heavy atom. The number of amides is 7. The molecule has 0 spiro atoms. The number of hydrogen-bond donors (Lipinski definition) is 8. The Hall–Kier alpha value is -5.59. The number of Topliss-reactive ketones (excluding diaryl/α,β-unsaturated/α-hetero) is 1. The fourth-order valence-corrected chi connectivity index (χ4v) is 3.53. The van der Waals surface area contributed by atoms with E-state index in [0.717, 1.165) is 0 Å². The molecule has 0 aliphatic rings. The summed E-state index contributed by atoms with van der Waals surface area (Å²) in [4.78, 5) is 92.9. The quantitative estimate of drug-likeness (QED) is 0.0417. The first-order valence-electron chi connectivity index (χ1n) is 20.9. The smallest absolute Gasteiger partial charge is 0.303 e. The maximum absolute atomic E-state index is 12.6. The minimum atomic E-state index is -1.54. The van der Waals surface area contributed by atoms with E-state index in [-0.39, 0.29) is 50.2 Å². The van der Waals surface area contributed by atoms with Gasteiger partial charge in [0, 0.05) is 36.0 Å². The number of carbonyl (C=O) groups excluding carboxylic acids is 9. The van der Waals surface area contributed by atoms with Gasteiger partial charge in [0.2, 0.25) is 23.5 Å². The average Bonchev–Trinajstić information content (AvgIpc) is 3.00. The third-order valence-corrected chi connectivity index (χ3v) is 6.65. The van der Waals surface area contributed by atoms with Crippen molar-refractivity contribution in [2.75, 3.05) is 0 Å². The molecule has 0 bridgehead atoms. The lowest BCUT2D eigenvalue weighted by molar-refractivity contribution is -0.152. The van der Waals surface area contributed by atoms with Crippen LogP contribution in [0, 0.1) is 49.7 Å². The van der Waals surface area contributed by atoms with Crippen molar-refractivity contribution in [3.8, 4) is 6.07 Å². The Bertz CT molecular complexity index is 1640. The van der Waals surface area contributed by atoms with Crippen molar-refractivity contribution in [3.05, 3.63) is 0 Å². The van der Waals surface area contributed by atoms with Gasteiger partial charge in [-0.2, -0.15) is 5.26 Å². The van der Waals surface area contributed by atoms with Crippen molar-refractivity contribution in [1.29, 1.82) is 5.26 Å². The largest absolute Gasteiger partial charge is 0.460 e. The maximum atomic E-state index is 12.6. The third-order valence-electron chi connectivity index (χ3n) is 6.44. The number of alkyl halides is 1. The van der Waals surface area contributed by atoms with E-state index in [0.29, 0.717) is 12.8 Å². The molecule has 398 valence electrons. The standard InChI is InChI=1S/C7H12N2O.C6H12FNO.C6H12N2O2.C6H11NO2.2C6H13NO.C6H12O2.C3H5NOS/c1-7(2,3)5(4-8)6(9)10;1-6(2,3)4(7)5(8)9;1-6(2,3)4(8-10)5(7)9;1-6(2,3)4(8)5(7)9;2*1-6(2,3)4-5(7)8;1-5(7)8-6(2,3)4;1-2(6)3(4)5/h5H,1-3H3,(H2,9,10);4H,1-3H3,(H2,8,9);10H,1-3H3,(H2,7,9);1-3H3,(H2,7,9);2*4H2,1-3H3,(H2,7,8);1-4H3;1H3,(H2,4,5)/b;;8-4+;;;;;. The van der Waals surface area contributed by atoms with Crippen LogP contribution in [0.4, 0.5) is 4.39 Å². The Morgan fingerprint density at radius 2 is 0.882 bits per heavy atom. The van der Waals surface area contributed by atoms with Gasteiger partial charge in [0.15, 0.2) is 6.17 Å². The lowest BCUT2D eigenvalue weighted by atomic mass is 9.81. The van der Waals surface area contributed by atoms with Gasteiger partial charge in [-0.15, -0.1) is 0 Å². The number of esters is 1. The molecule has 20 nitrogen and oxygen atoms in total. The molecule has 2 atom stereocenters. The molecule has 2 unspecified atom stereocenters. The molecule has 0 fully saturated rings. The zero-order valence-electron chi connectivity index (χ0n) is 45.3. The highest BCUT2D eigenvalue weighted by molar-refractivity contribution is 7.82. The van der Waals surface area contributed by atoms with Crippen molar-refractivity contribution >= 4 is 75.9 Å². The highest BCUT2D eigenvalue weighted by Gasteiger charge is 2.30. The van der Waals surface area contributed by atoms with Crippen LogP contribution in [0.1, 0.15) is 172 Å². The van der Waals surface area contributed by atoms with Crippen LogP contribution in [-0.4, -0.2) is 80.7 Å². The van der Waals surface area contributed by atoms with Crippen molar-refractivity contribution in [1.82, 2.24) is 0 Å². The maximum Gasteiger partial charge on any atom is 0.303 e. The Balaban J connectivity index is -0.000000101. The number of oxime groups is 1. The number of nitrogens with two attached hydrogens (primary N) is 7. The number of ketones is 1. The van der Waals surface area contributed by atoms with Crippen LogP contribution in [0.5, 0.6) is 0 Å². The van der Waals surface area contributed by atoms with Crippen LogP contribution in [0.2, 0.25) is 0 Å². The first-order chi connectivity index (χ1) is 29.4. The molecule has 0 heterocycles. The molecule has 0 aromatic carbocycles. The predicted octanol–water partition coefficient (Wildman–Crippen LogP) is 4.97. The molecule has 0 saturated heterocycles. The molecule has 0 aliphatic heterocycles. The molecule has 0 rings (SSSR count). The third kappa shape index (κ3) is 64.7. The molecular formula is C46H90FN9O11S. The number of nitriles is 1. The first kappa shape index (κ1) is 79.5. The molecular weight excluding hydrogens is 906 g/mol. The van der Waals surface area contributed by atoms with Gasteiger partial charge >= 0.3 is 5.97 Å². The molecule has 7 amide bonds. The van der Waals surface area contributed by atoms with Gasteiger partial charge < -0.3 is 50.1 Å². The van der Waals surface area contributed by atoms with Gasteiger partial charge in [-0.05, 0) is 43.9 Å². The van der Waals surface area contributed by atoms with Gasteiger partial charge in [0.1, 0.15) is 17.2 Å². The van der Waals surface area contributed by atoms with E-state index in [9.17, 15) is 47.5 Å². The summed E-state index contributed by atoms with van der Waals surface area (Å²) in [5.74, 6) is -5.37. The van der Waals surface area contributed by atoms with Crippen LogP contribution >= 0.6 is 12.2 Å². The SMILES string of the molecule is CC(=O)OC(C)(C)C.CC(=S)C(N)=O.CC(C)(C)/C(=N/O)C(N)=O.CC(C)(C)C(=O)C(N)=O.CC(C)(C)C(C#N)C(N)=O.CC(C)(C)C(F)C(N)=O.CC(C)(C)CC(N)=O.CC(C)(C)CC(N)=O. The highest BCUT2D eigenvalue weighted by Crippen LogP contribution is 2.24. The summed E-state index contributed by atoms with van der Waals surface area (Å²) in [6, 6.07) is 1.87. The van der Waals surface area contributed by atoms with E-state index in [1.807, 2.05) is 89.2 Å². The molecule has 0 aromatic rings. The minimum Gasteiger partial charge on any atom is -0.460 e. The van der Waals surface area contributed by atoms with E-state index in [2.05, 4.69) is 23.1 Å². The van der Waals surface area contributed by atoms with Crippen LogP contribution in [0.25, 0.3) is 0 Å². The number of halogens is 1. The highest BCUT2D eigenvalue weighted by atomic mass is 32.1. The minimum absolute atomic E-state index is 0.00694. The Kier molecular flexibility index (Phi) is 40.5. The molecule has 0 saturated carbocycles. The normalized spacial score (nSPS) is 12.1. The topological polar surface area (TPSA) is 401 Å². The summed E-state index contributed by atoms with van der Waals surface area (Å²) in [5, 5.41) is 19.6. The van der Waals surface area contributed by atoms with Gasteiger partial charge in [-0.1, -0.05) is 142 Å². The molecule has 0 radical (unpaired) electrons. The van der Waals surface area contributed by atoms with E-state index in [4.69, 9.17) is 49.6 Å². The number of thiocarbonyl (C=S) groups is 1. The molecule has 15 N–H and O–H groups in total. The Morgan fingerprint density at radius 3 is 0.882 bits per heavy atom. The van der Waals surface area contributed by atoms with E-state index in [1.165, 1.54) is 13.8 Å². The number of carbonyl (C=O) groups is 9. The lowest BCUT2D eigenvalue weighted by Gasteiger charge is -2.21. The Labute approximate surface area is 411 Å². The van der Waals surface area contributed by atoms with Crippen LogP contribution in [-0.2, 0) is 47.9 Å². The van der Waals surface area contributed by atoms with Gasteiger partial charge in [-0.3, -0.25) is 43.2 Å². The van der Waals surface area contributed by atoms with Crippen molar-refractivity contribution in [2.24, 2.45) is 83.7 Å². The molecule has 22 heteroatoms. The first-order valence-corrected chi connectivity index (χ1v) is 21.4. The summed E-state index contributed by atoms with van der Waals surface area (Å²) in [6.07, 6.45) is -0.613. The number of ether oxygens (including phenoxy) is 1. The number of rotatable bonds is 7.